The van der Waals surface area contributed by atoms with Crippen molar-refractivity contribution in [2.45, 2.75) is 19.9 Å². The summed E-state index contributed by atoms with van der Waals surface area (Å²) in [5.74, 6) is -0.833. The molecular weight excluding hydrogens is 228 g/mol. The smallest absolute Gasteiger partial charge is 0.300 e. The first-order valence-electron chi connectivity index (χ1n) is 6.20. The van der Waals surface area contributed by atoms with Crippen LogP contribution in [0.4, 0.5) is 5.69 Å². The Bertz CT molecular complexity index is 363. The van der Waals surface area contributed by atoms with Crippen LogP contribution in [0.2, 0.25) is 0 Å². The van der Waals surface area contributed by atoms with Crippen LogP contribution in [0.25, 0.3) is 0 Å². The number of hydrogen-bond donors (Lipinski definition) is 1. The molecule has 1 N–H and O–H groups in total. The minimum Gasteiger partial charge on any atom is -0.481 e. The molecule has 1 heterocycles. The van der Waals surface area contributed by atoms with Gasteiger partial charge in [-0.1, -0.05) is 18.2 Å². The van der Waals surface area contributed by atoms with Crippen molar-refractivity contribution >= 4 is 11.7 Å². The van der Waals surface area contributed by atoms with Gasteiger partial charge in [0.1, 0.15) is 0 Å². The van der Waals surface area contributed by atoms with Gasteiger partial charge in [-0.25, -0.2) is 0 Å². The zero-order valence-electron chi connectivity index (χ0n) is 11.3. The van der Waals surface area contributed by atoms with Gasteiger partial charge in [-0.2, -0.15) is 0 Å². The summed E-state index contributed by atoms with van der Waals surface area (Å²) in [4.78, 5) is 13.9. The lowest BCUT2D eigenvalue weighted by Gasteiger charge is -2.39. The van der Waals surface area contributed by atoms with Crippen molar-refractivity contribution in [2.24, 2.45) is 0 Å². The number of carbonyl (C=O) groups is 1. The first-order valence-corrected chi connectivity index (χ1v) is 6.20. The zero-order valence-corrected chi connectivity index (χ0v) is 11.3. The number of benzene rings is 1. The molecular formula is C14H22N2O2. The van der Waals surface area contributed by atoms with Crippen molar-refractivity contribution in [2.75, 3.05) is 31.6 Å². The highest BCUT2D eigenvalue weighted by molar-refractivity contribution is 5.62. The number of likely N-dealkylation sites (N-methyl/N-ethyl adjacent to an activating group) is 1. The maximum Gasteiger partial charge on any atom is 0.300 e. The highest BCUT2D eigenvalue weighted by Gasteiger charge is 2.20. The van der Waals surface area contributed by atoms with Gasteiger partial charge < -0.3 is 14.9 Å². The Kier molecular flexibility index (Phi) is 5.65. The van der Waals surface area contributed by atoms with Crippen LogP contribution in [0.1, 0.15) is 13.8 Å². The van der Waals surface area contributed by atoms with Crippen molar-refractivity contribution in [3.63, 3.8) is 0 Å². The van der Waals surface area contributed by atoms with E-state index in [1.165, 1.54) is 12.2 Å². The van der Waals surface area contributed by atoms with E-state index in [2.05, 4.69) is 54.1 Å². The van der Waals surface area contributed by atoms with Crippen LogP contribution >= 0.6 is 0 Å². The summed E-state index contributed by atoms with van der Waals surface area (Å²) in [6.45, 7) is 6.85. The predicted molar refractivity (Wildman–Crippen MR) is 74.1 cm³/mol. The molecule has 1 unspecified atom stereocenters. The molecule has 1 saturated heterocycles. The van der Waals surface area contributed by atoms with Crippen LogP contribution in [0.5, 0.6) is 0 Å². The van der Waals surface area contributed by atoms with Crippen LogP contribution in [-0.4, -0.2) is 48.7 Å². The molecule has 0 bridgehead atoms. The molecule has 1 aromatic rings. The van der Waals surface area contributed by atoms with E-state index in [9.17, 15) is 0 Å². The van der Waals surface area contributed by atoms with Gasteiger partial charge in [-0.15, -0.1) is 0 Å². The second kappa shape index (κ2) is 7.01. The van der Waals surface area contributed by atoms with Gasteiger partial charge in [0.05, 0.1) is 0 Å². The zero-order chi connectivity index (χ0) is 13.5. The van der Waals surface area contributed by atoms with E-state index >= 15 is 0 Å². The maximum atomic E-state index is 9.00. The number of piperazine rings is 1. The summed E-state index contributed by atoms with van der Waals surface area (Å²) >= 11 is 0. The Hall–Kier alpha value is -1.55. The largest absolute Gasteiger partial charge is 0.481 e. The Morgan fingerprint density at radius 1 is 1.28 bits per heavy atom. The van der Waals surface area contributed by atoms with Gasteiger partial charge in [0, 0.05) is 38.3 Å². The minimum absolute atomic E-state index is 0.621. The number of carboxylic acids is 1. The fraction of sp³-hybridized carbons (Fsp3) is 0.500. The standard InChI is InChI=1S/C12H18N2.C2H4O2/c1-11-10-13(2)8-9-14(11)12-6-4-3-5-7-12;1-2(3)4/h3-7,11H,8-10H2,1-2H3;1H3,(H,3,4). The molecule has 4 heteroatoms. The normalized spacial score (nSPS) is 19.9. The van der Waals surface area contributed by atoms with Crippen LogP contribution in [0, 0.1) is 0 Å². The molecule has 0 spiro atoms. The van der Waals surface area contributed by atoms with Crippen molar-refractivity contribution in [3.8, 4) is 0 Å². The van der Waals surface area contributed by atoms with Gasteiger partial charge >= 0.3 is 0 Å². The first kappa shape index (κ1) is 14.5. The molecule has 0 radical (unpaired) electrons. The second-order valence-corrected chi connectivity index (χ2v) is 4.66. The first-order chi connectivity index (χ1) is 8.50. The molecule has 1 aliphatic rings. The summed E-state index contributed by atoms with van der Waals surface area (Å²) in [7, 11) is 2.19. The fourth-order valence-corrected chi connectivity index (χ4v) is 2.14. The van der Waals surface area contributed by atoms with Crippen molar-refractivity contribution in [1.29, 1.82) is 0 Å². The quantitative estimate of drug-likeness (QED) is 0.827. The average molecular weight is 250 g/mol. The van der Waals surface area contributed by atoms with E-state index in [0.29, 0.717) is 6.04 Å². The van der Waals surface area contributed by atoms with Gasteiger partial charge in [0.2, 0.25) is 0 Å². The van der Waals surface area contributed by atoms with Crippen molar-refractivity contribution < 1.29 is 9.90 Å². The number of carboxylic acid groups (broad SMARTS) is 1. The van der Waals surface area contributed by atoms with Crippen LogP contribution in [0.15, 0.2) is 30.3 Å². The SMILES string of the molecule is CC(=O)O.CC1CN(C)CCN1c1ccccc1. The van der Waals surface area contributed by atoms with Crippen molar-refractivity contribution in [3.05, 3.63) is 30.3 Å². The highest BCUT2D eigenvalue weighted by Crippen LogP contribution is 2.19. The second-order valence-electron chi connectivity index (χ2n) is 4.66. The van der Waals surface area contributed by atoms with Crippen molar-refractivity contribution in [1.82, 2.24) is 4.90 Å². The van der Waals surface area contributed by atoms with Gasteiger partial charge in [0.15, 0.2) is 0 Å². The molecule has 0 amide bonds. The van der Waals surface area contributed by atoms with Gasteiger partial charge in [0.25, 0.3) is 5.97 Å². The maximum absolute atomic E-state index is 9.00. The van der Waals surface area contributed by atoms with E-state index in [4.69, 9.17) is 9.90 Å². The summed E-state index contributed by atoms with van der Waals surface area (Å²) in [5, 5.41) is 7.42. The molecule has 1 aliphatic heterocycles. The lowest BCUT2D eigenvalue weighted by molar-refractivity contribution is -0.134. The van der Waals surface area contributed by atoms with E-state index in [1.54, 1.807) is 0 Å². The minimum atomic E-state index is -0.833. The van der Waals surface area contributed by atoms with E-state index < -0.39 is 5.97 Å². The predicted octanol–water partition coefficient (Wildman–Crippen LogP) is 1.92. The summed E-state index contributed by atoms with van der Waals surface area (Å²) < 4.78 is 0. The molecule has 1 atom stereocenters. The average Bonchev–Trinajstić information content (AvgIpc) is 2.29. The number of para-hydroxylation sites is 1. The van der Waals surface area contributed by atoms with Crippen LogP contribution < -0.4 is 4.90 Å². The molecule has 100 valence electrons. The van der Waals surface area contributed by atoms with Crippen LogP contribution in [-0.2, 0) is 4.79 Å². The third kappa shape index (κ3) is 4.75. The molecule has 4 nitrogen and oxygen atoms in total. The highest BCUT2D eigenvalue weighted by atomic mass is 16.4. The third-order valence-electron chi connectivity index (χ3n) is 2.92. The van der Waals surface area contributed by atoms with Gasteiger partial charge in [-0.05, 0) is 26.1 Å². The lowest BCUT2D eigenvalue weighted by atomic mass is 10.1. The number of aliphatic carboxylic acids is 1. The van der Waals surface area contributed by atoms with Crippen LogP contribution in [0.3, 0.4) is 0 Å². The Balaban J connectivity index is 0.000000357. The molecule has 2 rings (SSSR count). The number of rotatable bonds is 1. The van der Waals surface area contributed by atoms with E-state index in [-0.39, 0.29) is 0 Å². The summed E-state index contributed by atoms with van der Waals surface area (Å²) in [5.41, 5.74) is 1.35. The number of nitrogens with zero attached hydrogens (tertiary/aromatic N) is 2. The van der Waals surface area contributed by atoms with Gasteiger partial charge in [-0.3, -0.25) is 4.79 Å². The topological polar surface area (TPSA) is 43.8 Å². The Morgan fingerprint density at radius 2 is 1.83 bits per heavy atom. The third-order valence-corrected chi connectivity index (χ3v) is 2.92. The molecule has 0 aliphatic carbocycles. The van der Waals surface area contributed by atoms with E-state index in [1.807, 2.05) is 0 Å². The summed E-state index contributed by atoms with van der Waals surface area (Å²) in [6.07, 6.45) is 0. The molecule has 0 aromatic heterocycles. The molecule has 1 aromatic carbocycles. The molecule has 0 saturated carbocycles. The molecule has 1 fully saturated rings. The Labute approximate surface area is 109 Å². The van der Waals surface area contributed by atoms with E-state index in [0.717, 1.165) is 20.0 Å². The molecule has 18 heavy (non-hydrogen) atoms. The Morgan fingerprint density at radius 3 is 2.33 bits per heavy atom. The fourth-order valence-electron chi connectivity index (χ4n) is 2.14. The lowest BCUT2D eigenvalue weighted by Crippen LogP contribution is -2.50. The number of hydrogen-bond acceptors (Lipinski definition) is 3. The monoisotopic (exact) mass is 250 g/mol. The number of anilines is 1. The summed E-state index contributed by atoms with van der Waals surface area (Å²) in [6, 6.07) is 11.3.